The van der Waals surface area contributed by atoms with E-state index in [1.807, 2.05) is 13.8 Å². The van der Waals surface area contributed by atoms with E-state index in [9.17, 15) is 0 Å². The van der Waals surface area contributed by atoms with Gasteiger partial charge in [0.05, 0.1) is 16.5 Å². The zero-order valence-electron chi connectivity index (χ0n) is 10.7. The van der Waals surface area contributed by atoms with Crippen molar-refractivity contribution in [3.8, 4) is 0 Å². The molecule has 0 saturated carbocycles. The van der Waals surface area contributed by atoms with E-state index in [0.717, 1.165) is 6.42 Å². The molecule has 16 heavy (non-hydrogen) atoms. The van der Waals surface area contributed by atoms with Crippen molar-refractivity contribution in [1.82, 2.24) is 0 Å². The van der Waals surface area contributed by atoms with Crippen molar-refractivity contribution < 1.29 is 9.47 Å². The van der Waals surface area contributed by atoms with Crippen LogP contribution in [0.5, 0.6) is 0 Å². The number of ether oxygens (including phenoxy) is 2. The normalized spacial score (nSPS) is 41.1. The molecule has 2 rings (SSSR count). The molecule has 0 aromatic rings. The zero-order valence-corrected chi connectivity index (χ0v) is 12.3. The number of hydrogen-bond donors (Lipinski definition) is 0. The van der Waals surface area contributed by atoms with Gasteiger partial charge in [-0.15, -0.1) is 0 Å². The lowest BCUT2D eigenvalue weighted by molar-refractivity contribution is -0.347. The van der Waals surface area contributed by atoms with Crippen LogP contribution >= 0.6 is 15.9 Å². The van der Waals surface area contributed by atoms with Gasteiger partial charge >= 0.3 is 0 Å². The van der Waals surface area contributed by atoms with E-state index in [0.29, 0.717) is 10.7 Å². The molecule has 0 amide bonds. The minimum Gasteiger partial charge on any atom is -0.345 e. The third-order valence-corrected chi connectivity index (χ3v) is 4.88. The average molecular weight is 289 g/mol. The Balaban J connectivity index is 2.32. The topological polar surface area (TPSA) is 18.5 Å². The van der Waals surface area contributed by atoms with Gasteiger partial charge in [0.15, 0.2) is 5.79 Å². The molecular weight excluding hydrogens is 268 g/mol. The Morgan fingerprint density at radius 2 is 1.94 bits per heavy atom. The minimum atomic E-state index is -0.492. The van der Waals surface area contributed by atoms with Crippen LogP contribution in [-0.2, 0) is 9.47 Å². The third kappa shape index (κ3) is 2.09. The summed E-state index contributed by atoms with van der Waals surface area (Å²) in [6.07, 6.45) is 3.55. The van der Waals surface area contributed by atoms with Crippen LogP contribution in [0.3, 0.4) is 0 Å². The largest absolute Gasteiger partial charge is 0.345 e. The Kier molecular flexibility index (Phi) is 3.01. The molecule has 0 spiro atoms. The van der Waals surface area contributed by atoms with Crippen LogP contribution in [0.15, 0.2) is 11.6 Å². The lowest BCUT2D eigenvalue weighted by atomic mass is 9.76. The van der Waals surface area contributed by atoms with Crippen molar-refractivity contribution in [1.29, 1.82) is 0 Å². The predicted molar refractivity (Wildman–Crippen MR) is 68.7 cm³/mol. The molecule has 1 heterocycles. The van der Waals surface area contributed by atoms with Gasteiger partial charge in [0, 0.05) is 5.92 Å². The maximum Gasteiger partial charge on any atom is 0.163 e. The number of halogens is 1. The van der Waals surface area contributed by atoms with Crippen LogP contribution in [0, 0.1) is 5.92 Å². The molecule has 0 bridgehead atoms. The molecule has 0 N–H and O–H groups in total. The summed E-state index contributed by atoms with van der Waals surface area (Å²) in [5, 5.41) is 0. The van der Waals surface area contributed by atoms with Crippen molar-refractivity contribution in [2.45, 2.75) is 63.4 Å². The maximum absolute atomic E-state index is 6.09. The van der Waals surface area contributed by atoms with Crippen molar-refractivity contribution in [2.75, 3.05) is 0 Å². The lowest BCUT2D eigenvalue weighted by Crippen LogP contribution is -2.59. The summed E-state index contributed by atoms with van der Waals surface area (Å²) in [6, 6.07) is 0. The summed E-state index contributed by atoms with van der Waals surface area (Å²) >= 11 is 3.75. The molecule has 0 aromatic heterocycles. The fourth-order valence-corrected chi connectivity index (χ4v) is 3.57. The van der Waals surface area contributed by atoms with Crippen LogP contribution < -0.4 is 0 Å². The van der Waals surface area contributed by atoms with E-state index < -0.39 is 5.79 Å². The highest BCUT2D eigenvalue weighted by atomic mass is 79.9. The quantitative estimate of drug-likeness (QED) is 0.500. The second kappa shape index (κ2) is 3.82. The molecule has 2 aliphatic rings. The van der Waals surface area contributed by atoms with Gasteiger partial charge in [0.25, 0.3) is 0 Å². The first-order chi connectivity index (χ1) is 7.23. The highest BCUT2D eigenvalue weighted by Gasteiger charge is 2.51. The molecule has 0 aromatic carbocycles. The summed E-state index contributed by atoms with van der Waals surface area (Å²) in [6.45, 7) is 10.5. The second-order valence-electron chi connectivity index (χ2n) is 5.88. The number of alkyl halides is 1. The molecule has 92 valence electrons. The Morgan fingerprint density at radius 1 is 1.31 bits per heavy atom. The van der Waals surface area contributed by atoms with E-state index in [4.69, 9.17) is 9.47 Å². The molecular formula is C13H21BrO2. The Labute approximate surface area is 107 Å². The third-order valence-electron chi connectivity index (χ3n) is 3.64. The van der Waals surface area contributed by atoms with Crippen molar-refractivity contribution >= 4 is 15.9 Å². The molecule has 3 atom stereocenters. The van der Waals surface area contributed by atoms with Crippen molar-refractivity contribution in [3.05, 3.63) is 11.6 Å². The summed E-state index contributed by atoms with van der Waals surface area (Å²) in [4.78, 5) is 0.314. The monoisotopic (exact) mass is 288 g/mol. The predicted octanol–water partition coefficient (Wildman–Crippen LogP) is 3.65. The molecule has 1 saturated heterocycles. The van der Waals surface area contributed by atoms with Gasteiger partial charge < -0.3 is 9.47 Å². The Morgan fingerprint density at radius 3 is 2.56 bits per heavy atom. The van der Waals surface area contributed by atoms with Crippen LogP contribution in [0.1, 0.15) is 41.0 Å². The second-order valence-corrected chi connectivity index (χ2v) is 6.87. The van der Waals surface area contributed by atoms with Crippen molar-refractivity contribution in [2.24, 2.45) is 5.92 Å². The molecule has 0 radical (unpaired) electrons. The average Bonchev–Trinajstić information content (AvgIpc) is 2.09. The first-order valence-electron chi connectivity index (χ1n) is 5.92. The first kappa shape index (κ1) is 12.6. The number of rotatable bonds is 0. The smallest absolute Gasteiger partial charge is 0.163 e. The van der Waals surface area contributed by atoms with Gasteiger partial charge in [-0.2, -0.15) is 0 Å². The molecule has 1 fully saturated rings. The molecule has 1 unspecified atom stereocenters. The van der Waals surface area contributed by atoms with E-state index in [1.54, 1.807) is 0 Å². The highest BCUT2D eigenvalue weighted by molar-refractivity contribution is 9.09. The van der Waals surface area contributed by atoms with Gasteiger partial charge in [-0.3, -0.25) is 0 Å². The van der Waals surface area contributed by atoms with Gasteiger partial charge in [-0.1, -0.05) is 27.6 Å². The van der Waals surface area contributed by atoms with Gasteiger partial charge in [-0.25, -0.2) is 0 Å². The van der Waals surface area contributed by atoms with E-state index in [-0.39, 0.29) is 11.7 Å². The number of hydrogen-bond acceptors (Lipinski definition) is 2. The Bertz CT molecular complexity index is 320. The lowest BCUT2D eigenvalue weighted by Gasteiger charge is -2.53. The molecule has 1 aliphatic carbocycles. The fourth-order valence-electron chi connectivity index (χ4n) is 2.90. The van der Waals surface area contributed by atoms with Gasteiger partial charge in [0.1, 0.15) is 0 Å². The van der Waals surface area contributed by atoms with Gasteiger partial charge in [-0.05, 0) is 41.0 Å². The van der Waals surface area contributed by atoms with E-state index >= 15 is 0 Å². The highest BCUT2D eigenvalue weighted by Crippen LogP contribution is 2.46. The minimum absolute atomic E-state index is 0.129. The van der Waals surface area contributed by atoms with Crippen LogP contribution in [-0.4, -0.2) is 22.3 Å². The van der Waals surface area contributed by atoms with Crippen molar-refractivity contribution in [3.63, 3.8) is 0 Å². The fraction of sp³-hybridized carbons (Fsp3) is 0.846. The SMILES string of the molecule is CC1=CC[C@@H]2[C@H](OC(C)(C)OC2(C)C)C1Br. The van der Waals surface area contributed by atoms with Crippen LogP contribution in [0.4, 0.5) is 0 Å². The standard InChI is InChI=1S/C13H21BrO2/c1-8-6-7-9-11(10(8)14)15-13(4,5)16-12(9,2)3/h6,9-11H,7H2,1-5H3/t9-,10?,11+/m1/s1. The molecule has 3 heteroatoms. The van der Waals surface area contributed by atoms with Crippen LogP contribution in [0.2, 0.25) is 0 Å². The number of fused-ring (bicyclic) bond motifs is 1. The first-order valence-corrected chi connectivity index (χ1v) is 6.83. The summed E-state index contributed by atoms with van der Waals surface area (Å²) in [5.41, 5.74) is 1.24. The Hall–Kier alpha value is 0.140. The summed E-state index contributed by atoms with van der Waals surface area (Å²) in [5.74, 6) is -0.0671. The maximum atomic E-state index is 6.09. The van der Waals surface area contributed by atoms with Gasteiger partial charge in [0.2, 0.25) is 0 Å². The molecule has 1 aliphatic heterocycles. The summed E-state index contributed by atoms with van der Waals surface area (Å²) < 4.78 is 12.1. The zero-order chi connectivity index (χ0) is 12.1. The van der Waals surface area contributed by atoms with E-state index in [2.05, 4.69) is 42.8 Å². The summed E-state index contributed by atoms with van der Waals surface area (Å²) in [7, 11) is 0. The molecule has 2 nitrogen and oxygen atoms in total. The van der Waals surface area contributed by atoms with E-state index in [1.165, 1.54) is 5.57 Å². The van der Waals surface area contributed by atoms with Crippen LogP contribution in [0.25, 0.3) is 0 Å². The number of allylic oxidation sites excluding steroid dienone is 1.